The molecule has 1 saturated heterocycles. The van der Waals surface area contributed by atoms with Crippen LogP contribution in [0, 0.1) is 12.3 Å². The molecule has 6 N–H and O–H groups in total. The van der Waals surface area contributed by atoms with Crippen LogP contribution >= 0.6 is 22.9 Å². The van der Waals surface area contributed by atoms with Gasteiger partial charge in [-0.1, -0.05) is 56.6 Å². The number of hydrogen-bond donors (Lipinski definition) is 6. The normalized spacial score (nSPS) is 15.4. The number of alkyl halides is 3. The average Bonchev–Trinajstić information content (AvgIpc) is 3.89. The molecule has 3 atom stereocenters. The maximum atomic E-state index is 14.0. The number of anilines is 2. The van der Waals surface area contributed by atoms with E-state index in [1.807, 2.05) is 31.2 Å². The Balaban J connectivity index is 0.947. The van der Waals surface area contributed by atoms with E-state index in [-0.39, 0.29) is 56.0 Å². The van der Waals surface area contributed by atoms with E-state index in [2.05, 4.69) is 36.6 Å². The van der Waals surface area contributed by atoms with Crippen molar-refractivity contribution >= 4 is 64.0 Å². The number of nitrogens with one attached hydrogen (secondary N) is 5. The Labute approximate surface area is 387 Å². The molecule has 1 fully saturated rings. The number of β-amino-alcohol motifs (C(OH)–C–C–N with tert-alkyl or cyclic N) is 1. The minimum Gasteiger partial charge on any atom is -0.457 e. The zero-order chi connectivity index (χ0) is 47.8. The van der Waals surface area contributed by atoms with Crippen LogP contribution in [0.1, 0.15) is 67.3 Å². The lowest BCUT2D eigenvalue weighted by atomic mass is 9.85. The third-order valence-electron chi connectivity index (χ3n) is 10.4. The maximum absolute atomic E-state index is 14.0. The molecule has 1 aliphatic heterocycles. The number of aliphatic hydroxyl groups excluding tert-OH is 1. The Bertz CT molecular complexity index is 2550. The molecule has 0 spiro atoms. The standard InChI is InChI=1S/C46H48ClF3N8O7S/c1-26-39(66-25-54-26)28-9-7-27(8-10-28)23-53-42(62)37-21-31(59)24-58(37)43(63)40(45(2,3)4)57-38(60)6-5-18-52-41(61)36-22-33(17-19-51-36)65-32-14-11-29(12-15-32)55-44(64)56-30-13-16-35(47)34(20-30)46(48,49)50/h7-17,19-20,22,25,31,37,40,59H,5-6,18,21,23-24H2,1-4H3,(H,52,61)(H,53,62)(H,57,60)(H2,55,56,64)/t31-,37+,40-/m1/s1. The van der Waals surface area contributed by atoms with E-state index in [0.717, 1.165) is 33.8 Å². The van der Waals surface area contributed by atoms with E-state index >= 15 is 0 Å². The summed E-state index contributed by atoms with van der Waals surface area (Å²) in [5.41, 5.74) is 3.01. The van der Waals surface area contributed by atoms with Crippen LogP contribution in [0.15, 0.2) is 90.6 Å². The monoisotopic (exact) mass is 948 g/mol. The number of pyridine rings is 1. The predicted molar refractivity (Wildman–Crippen MR) is 243 cm³/mol. The molecular formula is C46H48ClF3N8O7S. The second-order valence-electron chi connectivity index (χ2n) is 16.6. The number of urea groups is 1. The number of aliphatic hydroxyl groups is 1. The van der Waals surface area contributed by atoms with E-state index in [1.165, 1.54) is 53.6 Å². The van der Waals surface area contributed by atoms with Gasteiger partial charge in [-0.25, -0.2) is 9.78 Å². The number of nitrogens with zero attached hydrogens (tertiary/aromatic N) is 3. The van der Waals surface area contributed by atoms with Gasteiger partial charge < -0.3 is 41.3 Å². The van der Waals surface area contributed by atoms with Gasteiger partial charge in [-0.3, -0.25) is 24.2 Å². The van der Waals surface area contributed by atoms with Crippen molar-refractivity contribution in [1.29, 1.82) is 0 Å². The van der Waals surface area contributed by atoms with Gasteiger partial charge in [0.2, 0.25) is 17.7 Å². The van der Waals surface area contributed by atoms with Gasteiger partial charge in [0.15, 0.2) is 0 Å². The molecule has 348 valence electrons. The molecule has 3 heterocycles. The first-order valence-corrected chi connectivity index (χ1v) is 22.0. The second kappa shape index (κ2) is 21.2. The van der Waals surface area contributed by atoms with Crippen molar-refractivity contribution in [3.8, 4) is 21.9 Å². The Morgan fingerprint density at radius 2 is 1.61 bits per heavy atom. The Morgan fingerprint density at radius 3 is 2.27 bits per heavy atom. The smallest absolute Gasteiger partial charge is 0.417 e. The zero-order valence-electron chi connectivity index (χ0n) is 36.3. The number of carbonyl (C=O) groups excluding carboxylic acids is 5. The number of halogens is 4. The summed E-state index contributed by atoms with van der Waals surface area (Å²) in [6.45, 7) is 7.58. The molecule has 66 heavy (non-hydrogen) atoms. The number of hydrogen-bond acceptors (Lipinski definition) is 10. The summed E-state index contributed by atoms with van der Waals surface area (Å²) in [7, 11) is 0. The van der Waals surface area contributed by atoms with Gasteiger partial charge in [0, 0.05) is 56.1 Å². The molecule has 3 aromatic carbocycles. The van der Waals surface area contributed by atoms with Crippen molar-refractivity contribution in [2.75, 3.05) is 23.7 Å². The summed E-state index contributed by atoms with van der Waals surface area (Å²) >= 11 is 7.19. The lowest BCUT2D eigenvalue weighted by Crippen LogP contribution is -2.57. The van der Waals surface area contributed by atoms with E-state index in [9.17, 15) is 42.3 Å². The predicted octanol–water partition coefficient (Wildman–Crippen LogP) is 7.94. The topological polar surface area (TPSA) is 204 Å². The van der Waals surface area contributed by atoms with E-state index in [1.54, 1.807) is 37.6 Å². The van der Waals surface area contributed by atoms with Gasteiger partial charge in [0.1, 0.15) is 29.3 Å². The van der Waals surface area contributed by atoms with E-state index < -0.39 is 70.0 Å². The van der Waals surface area contributed by atoms with Gasteiger partial charge in [0.25, 0.3) is 5.91 Å². The van der Waals surface area contributed by atoms with Gasteiger partial charge in [-0.05, 0) is 78.4 Å². The molecule has 0 radical (unpaired) electrons. The van der Waals surface area contributed by atoms with E-state index in [0.29, 0.717) is 11.4 Å². The number of ether oxygens (including phenoxy) is 1. The molecule has 0 unspecified atom stereocenters. The quantitative estimate of drug-likeness (QED) is 0.0563. The summed E-state index contributed by atoms with van der Waals surface area (Å²) in [6.07, 6.45) is -3.99. The van der Waals surface area contributed by atoms with Gasteiger partial charge in [-0.15, -0.1) is 11.3 Å². The number of thiazole rings is 1. The van der Waals surface area contributed by atoms with Crippen LogP contribution in [-0.4, -0.2) is 80.9 Å². The fraction of sp³-hybridized carbons (Fsp3) is 0.326. The highest BCUT2D eigenvalue weighted by Crippen LogP contribution is 2.36. The molecule has 2 aromatic heterocycles. The highest BCUT2D eigenvalue weighted by molar-refractivity contribution is 7.13. The zero-order valence-corrected chi connectivity index (χ0v) is 37.9. The number of amides is 6. The van der Waals surface area contributed by atoms with Crippen molar-refractivity contribution in [2.24, 2.45) is 5.41 Å². The highest BCUT2D eigenvalue weighted by atomic mass is 35.5. The summed E-state index contributed by atoms with van der Waals surface area (Å²) in [6, 6.07) is 17.0. The molecule has 20 heteroatoms. The Hall–Kier alpha value is -6.57. The fourth-order valence-electron chi connectivity index (χ4n) is 7.01. The highest BCUT2D eigenvalue weighted by Gasteiger charge is 2.44. The maximum Gasteiger partial charge on any atom is 0.417 e. The first-order valence-electron chi connectivity index (χ1n) is 20.8. The first-order chi connectivity index (χ1) is 31.2. The Kier molecular flexibility index (Phi) is 15.7. The molecule has 6 amide bonds. The van der Waals surface area contributed by atoms with Gasteiger partial charge in [0.05, 0.1) is 32.8 Å². The summed E-state index contributed by atoms with van der Waals surface area (Å²) in [4.78, 5) is 76.8. The summed E-state index contributed by atoms with van der Waals surface area (Å²) < 4.78 is 45.4. The Morgan fingerprint density at radius 1 is 0.909 bits per heavy atom. The summed E-state index contributed by atoms with van der Waals surface area (Å²) in [5.74, 6) is -1.26. The minimum atomic E-state index is -4.70. The number of carbonyl (C=O) groups is 5. The number of likely N-dealkylation sites (tertiary alicyclic amines) is 1. The van der Waals surface area contributed by atoms with Crippen molar-refractivity contribution < 1.29 is 47.0 Å². The van der Waals surface area contributed by atoms with Crippen molar-refractivity contribution in [3.63, 3.8) is 0 Å². The molecule has 5 aromatic rings. The van der Waals surface area contributed by atoms with Gasteiger partial charge >= 0.3 is 12.2 Å². The minimum absolute atomic E-state index is 0.0305. The molecule has 6 rings (SSSR count). The van der Waals surface area contributed by atoms with Crippen LogP contribution in [0.4, 0.5) is 29.3 Å². The van der Waals surface area contributed by atoms with Gasteiger partial charge in [-0.2, -0.15) is 13.2 Å². The van der Waals surface area contributed by atoms with E-state index in [4.69, 9.17) is 16.3 Å². The van der Waals surface area contributed by atoms with Crippen LogP contribution in [0.3, 0.4) is 0 Å². The van der Waals surface area contributed by atoms with Crippen molar-refractivity contribution in [1.82, 2.24) is 30.8 Å². The first kappa shape index (κ1) is 48.9. The molecule has 15 nitrogen and oxygen atoms in total. The summed E-state index contributed by atoms with van der Waals surface area (Å²) in [5, 5.41) is 23.3. The second-order valence-corrected chi connectivity index (χ2v) is 17.8. The third-order valence-corrected chi connectivity index (χ3v) is 11.7. The lowest BCUT2D eigenvalue weighted by molar-refractivity contribution is -0.144. The lowest BCUT2D eigenvalue weighted by Gasteiger charge is -2.35. The third kappa shape index (κ3) is 13.0. The van der Waals surface area contributed by atoms with Crippen molar-refractivity contribution in [3.05, 3.63) is 118 Å². The van der Waals surface area contributed by atoms with Crippen LogP contribution in [-0.2, 0) is 27.1 Å². The number of aromatic nitrogens is 2. The van der Waals surface area contributed by atoms with Crippen LogP contribution < -0.4 is 31.3 Å². The van der Waals surface area contributed by atoms with Crippen molar-refractivity contribution in [2.45, 2.75) is 77.9 Å². The number of rotatable bonds is 15. The SMILES string of the molecule is Cc1ncsc1-c1ccc(CNC(=O)[C@@H]2C[C@@H](O)CN2C(=O)[C@@H](NC(=O)CCCNC(=O)c2cc(Oc3ccc(NC(=O)Nc4ccc(Cl)c(C(F)(F)F)c4)cc3)ccn2)C(C)(C)C)cc1. The molecular weight excluding hydrogens is 901 g/mol. The largest absolute Gasteiger partial charge is 0.457 e. The molecule has 0 aliphatic carbocycles. The van der Waals surface area contributed by atoms with Crippen LogP contribution in [0.5, 0.6) is 11.5 Å². The number of benzene rings is 3. The fourth-order valence-corrected chi connectivity index (χ4v) is 8.05. The van der Waals surface area contributed by atoms with Crippen LogP contribution in [0.25, 0.3) is 10.4 Å². The van der Waals surface area contributed by atoms with Crippen LogP contribution in [0.2, 0.25) is 5.02 Å². The number of aryl methyl sites for hydroxylation is 1. The average molecular weight is 949 g/mol. The molecule has 0 bridgehead atoms. The molecule has 0 saturated carbocycles. The molecule has 1 aliphatic rings.